The second kappa shape index (κ2) is 3.57. The lowest BCUT2D eigenvalue weighted by Gasteiger charge is -2.03. The molecule has 3 aromatic carbocycles. The van der Waals surface area contributed by atoms with Gasteiger partial charge in [-0.05, 0) is 34.9 Å². The number of hydrogen-bond acceptors (Lipinski definition) is 3. The first kappa shape index (κ1) is 11.0. The van der Waals surface area contributed by atoms with E-state index in [1.807, 2.05) is 12.1 Å². The highest BCUT2D eigenvalue weighted by Crippen LogP contribution is 2.51. The smallest absolute Gasteiger partial charge is 0.277 e. The summed E-state index contributed by atoms with van der Waals surface area (Å²) >= 11 is 0. The highest BCUT2D eigenvalue weighted by molar-refractivity contribution is 6.18. The number of aromatic hydroxyl groups is 1. The molecule has 0 unspecified atom stereocenters. The maximum atomic E-state index is 11.2. The van der Waals surface area contributed by atoms with Crippen LogP contribution in [0.5, 0.6) is 5.75 Å². The molecular weight excluding hydrogens is 254 g/mol. The molecule has 0 atom stereocenters. The van der Waals surface area contributed by atoms with Crippen molar-refractivity contribution in [2.45, 2.75) is 0 Å². The summed E-state index contributed by atoms with van der Waals surface area (Å²) in [7, 11) is 0. The van der Waals surface area contributed by atoms with Crippen LogP contribution in [-0.2, 0) is 0 Å². The molecule has 0 radical (unpaired) electrons. The molecule has 4 heteroatoms. The van der Waals surface area contributed by atoms with E-state index in [9.17, 15) is 15.2 Å². The second-order valence-corrected chi connectivity index (χ2v) is 4.82. The zero-order valence-electron chi connectivity index (χ0n) is 10.3. The first-order chi connectivity index (χ1) is 9.68. The van der Waals surface area contributed by atoms with Crippen LogP contribution >= 0.6 is 0 Å². The van der Waals surface area contributed by atoms with Gasteiger partial charge in [-0.25, -0.2) is 0 Å². The Hall–Kier alpha value is -2.88. The minimum absolute atomic E-state index is 0.0953. The molecular formula is C16H9NO3. The summed E-state index contributed by atoms with van der Waals surface area (Å²) in [5.74, 6) is 0.203. The Labute approximate surface area is 114 Å². The van der Waals surface area contributed by atoms with Crippen LogP contribution in [0.2, 0.25) is 0 Å². The summed E-state index contributed by atoms with van der Waals surface area (Å²) in [6.07, 6.45) is 0. The predicted molar refractivity (Wildman–Crippen MR) is 76.7 cm³/mol. The van der Waals surface area contributed by atoms with E-state index in [0.29, 0.717) is 5.39 Å². The number of non-ortho nitro benzene ring substituents is 1. The summed E-state index contributed by atoms with van der Waals surface area (Å²) in [6.45, 7) is 0. The maximum Gasteiger partial charge on any atom is 0.277 e. The SMILES string of the molecule is O=[N+]([O-])c1ccc2c3c(cccc13)-c1c(O)cccc1-2. The Balaban J connectivity index is 2.23. The van der Waals surface area contributed by atoms with Crippen molar-refractivity contribution >= 4 is 16.5 Å². The van der Waals surface area contributed by atoms with Gasteiger partial charge in [-0.2, -0.15) is 0 Å². The van der Waals surface area contributed by atoms with Crippen molar-refractivity contribution in [2.24, 2.45) is 0 Å². The fraction of sp³-hybridized carbons (Fsp3) is 0. The molecule has 1 aliphatic rings. The predicted octanol–water partition coefficient (Wildman–Crippen LogP) is 4.10. The number of nitro benzene ring substituents is 1. The Kier molecular flexibility index (Phi) is 1.96. The largest absolute Gasteiger partial charge is 0.507 e. The number of fused-ring (bicyclic) bond motifs is 3. The number of rotatable bonds is 1. The molecule has 20 heavy (non-hydrogen) atoms. The summed E-state index contributed by atoms with van der Waals surface area (Å²) in [5.41, 5.74) is 3.57. The van der Waals surface area contributed by atoms with Gasteiger partial charge in [0.15, 0.2) is 0 Å². The lowest BCUT2D eigenvalue weighted by atomic mass is 10.0. The van der Waals surface area contributed by atoms with Gasteiger partial charge in [-0.15, -0.1) is 0 Å². The molecule has 0 aliphatic heterocycles. The summed E-state index contributed by atoms with van der Waals surface area (Å²) in [4.78, 5) is 10.8. The molecule has 0 saturated carbocycles. The molecule has 3 aromatic rings. The Morgan fingerprint density at radius 1 is 0.900 bits per heavy atom. The number of nitrogens with zero attached hydrogens (tertiary/aromatic N) is 1. The molecule has 96 valence electrons. The van der Waals surface area contributed by atoms with Crippen LogP contribution in [0.3, 0.4) is 0 Å². The molecule has 4 rings (SSSR count). The van der Waals surface area contributed by atoms with Crippen molar-refractivity contribution in [1.29, 1.82) is 0 Å². The van der Waals surface area contributed by atoms with E-state index in [4.69, 9.17) is 0 Å². The maximum absolute atomic E-state index is 11.2. The molecule has 0 bridgehead atoms. The molecule has 0 amide bonds. The van der Waals surface area contributed by atoms with Gasteiger partial charge in [-0.3, -0.25) is 10.1 Å². The summed E-state index contributed by atoms with van der Waals surface area (Å²) in [5, 5.41) is 22.7. The second-order valence-electron chi connectivity index (χ2n) is 4.82. The van der Waals surface area contributed by atoms with Gasteiger partial charge in [0.1, 0.15) is 5.75 Å². The zero-order chi connectivity index (χ0) is 13.9. The number of hydrogen-bond donors (Lipinski definition) is 1. The van der Waals surface area contributed by atoms with Crippen molar-refractivity contribution in [3.05, 3.63) is 58.6 Å². The van der Waals surface area contributed by atoms with E-state index in [0.717, 1.165) is 27.6 Å². The quantitative estimate of drug-likeness (QED) is 0.415. The van der Waals surface area contributed by atoms with E-state index in [-0.39, 0.29) is 16.4 Å². The minimum Gasteiger partial charge on any atom is -0.507 e. The van der Waals surface area contributed by atoms with Crippen LogP contribution in [0.15, 0.2) is 48.5 Å². The normalized spacial score (nSPS) is 11.6. The lowest BCUT2D eigenvalue weighted by molar-refractivity contribution is -0.383. The van der Waals surface area contributed by atoms with Gasteiger partial charge < -0.3 is 5.11 Å². The number of nitro groups is 1. The Bertz CT molecular complexity index is 900. The van der Waals surface area contributed by atoms with Crippen LogP contribution in [0, 0.1) is 10.1 Å². The summed E-state index contributed by atoms with van der Waals surface area (Å²) < 4.78 is 0. The fourth-order valence-corrected chi connectivity index (χ4v) is 3.03. The fourth-order valence-electron chi connectivity index (χ4n) is 3.03. The van der Waals surface area contributed by atoms with Gasteiger partial charge in [0.25, 0.3) is 5.69 Å². The van der Waals surface area contributed by atoms with E-state index < -0.39 is 0 Å². The first-order valence-corrected chi connectivity index (χ1v) is 6.21. The van der Waals surface area contributed by atoms with E-state index in [2.05, 4.69) is 0 Å². The van der Waals surface area contributed by atoms with Crippen LogP contribution in [-0.4, -0.2) is 10.0 Å². The third kappa shape index (κ3) is 1.20. The average Bonchev–Trinajstić information content (AvgIpc) is 2.77. The van der Waals surface area contributed by atoms with Crippen molar-refractivity contribution in [3.8, 4) is 28.0 Å². The molecule has 0 fully saturated rings. The van der Waals surface area contributed by atoms with Gasteiger partial charge in [0.05, 0.1) is 10.3 Å². The number of benzene rings is 3. The van der Waals surface area contributed by atoms with E-state index in [1.54, 1.807) is 30.3 Å². The monoisotopic (exact) mass is 263 g/mol. The van der Waals surface area contributed by atoms with Crippen LogP contribution in [0.4, 0.5) is 5.69 Å². The third-order valence-corrected chi connectivity index (χ3v) is 3.82. The van der Waals surface area contributed by atoms with Crippen molar-refractivity contribution in [3.63, 3.8) is 0 Å². The average molecular weight is 263 g/mol. The van der Waals surface area contributed by atoms with E-state index in [1.165, 1.54) is 6.07 Å². The van der Waals surface area contributed by atoms with Crippen molar-refractivity contribution < 1.29 is 10.0 Å². The molecule has 1 aliphatic carbocycles. The van der Waals surface area contributed by atoms with Crippen LogP contribution in [0.25, 0.3) is 33.0 Å². The van der Waals surface area contributed by atoms with Gasteiger partial charge in [0, 0.05) is 17.0 Å². The first-order valence-electron chi connectivity index (χ1n) is 6.21. The van der Waals surface area contributed by atoms with Crippen LogP contribution in [0.1, 0.15) is 0 Å². The number of phenols is 1. The lowest BCUT2D eigenvalue weighted by Crippen LogP contribution is -1.89. The third-order valence-electron chi connectivity index (χ3n) is 3.82. The zero-order valence-corrected chi connectivity index (χ0v) is 10.3. The number of phenolic OH excluding ortho intramolecular Hbond substituents is 1. The molecule has 4 nitrogen and oxygen atoms in total. The molecule has 0 heterocycles. The minimum atomic E-state index is -0.369. The molecule has 0 saturated heterocycles. The van der Waals surface area contributed by atoms with Crippen LogP contribution < -0.4 is 0 Å². The Morgan fingerprint density at radius 2 is 1.65 bits per heavy atom. The Morgan fingerprint density at radius 3 is 2.45 bits per heavy atom. The highest BCUT2D eigenvalue weighted by atomic mass is 16.6. The molecule has 0 aromatic heterocycles. The molecule has 1 N–H and O–H groups in total. The van der Waals surface area contributed by atoms with Gasteiger partial charge >= 0.3 is 0 Å². The molecule has 0 spiro atoms. The van der Waals surface area contributed by atoms with E-state index >= 15 is 0 Å². The van der Waals surface area contributed by atoms with Gasteiger partial charge in [-0.1, -0.05) is 24.3 Å². The van der Waals surface area contributed by atoms with Crippen molar-refractivity contribution in [2.75, 3.05) is 0 Å². The highest BCUT2D eigenvalue weighted by Gasteiger charge is 2.26. The topological polar surface area (TPSA) is 63.4 Å². The summed E-state index contributed by atoms with van der Waals surface area (Å²) in [6, 6.07) is 14.1. The van der Waals surface area contributed by atoms with Gasteiger partial charge in [0.2, 0.25) is 0 Å². The van der Waals surface area contributed by atoms with Crippen molar-refractivity contribution in [1.82, 2.24) is 0 Å². The standard InChI is InChI=1S/C16H9NO3/c18-14-6-2-3-9-10-7-8-13(17(19)20)11-4-1-5-12(15(10)11)16(9)14/h1-8,18H.